The minimum atomic E-state index is -0.822. The molecule has 2 unspecified atom stereocenters. The van der Waals surface area contributed by atoms with E-state index in [4.69, 9.17) is 11.6 Å². The minimum Gasteiger partial charge on any atom is -0.392 e. The molecule has 4 heteroatoms. The van der Waals surface area contributed by atoms with Crippen molar-refractivity contribution in [2.45, 2.75) is 37.2 Å². The maximum absolute atomic E-state index is 12.3. The van der Waals surface area contributed by atoms with Crippen molar-refractivity contribution >= 4 is 17.5 Å². The first-order chi connectivity index (χ1) is 8.61. The van der Waals surface area contributed by atoms with Crippen molar-refractivity contribution in [3.63, 3.8) is 0 Å². The van der Waals surface area contributed by atoms with Crippen LogP contribution in [0.2, 0.25) is 5.02 Å². The van der Waals surface area contributed by atoms with Gasteiger partial charge in [-0.15, -0.1) is 0 Å². The molecule has 0 saturated heterocycles. The van der Waals surface area contributed by atoms with Crippen LogP contribution in [0.3, 0.4) is 0 Å². The summed E-state index contributed by atoms with van der Waals surface area (Å²) < 4.78 is 0. The van der Waals surface area contributed by atoms with Gasteiger partial charge in [0.1, 0.15) is 0 Å². The molecule has 1 aliphatic carbocycles. The van der Waals surface area contributed by atoms with Gasteiger partial charge in [0.15, 0.2) is 0 Å². The van der Waals surface area contributed by atoms with Crippen LogP contribution in [0.25, 0.3) is 0 Å². The molecule has 0 heterocycles. The van der Waals surface area contributed by atoms with Gasteiger partial charge < -0.3 is 10.4 Å². The first-order valence-electron chi connectivity index (χ1n) is 6.27. The Labute approximate surface area is 112 Å². The molecule has 18 heavy (non-hydrogen) atoms. The Morgan fingerprint density at radius 2 is 2.06 bits per heavy atom. The van der Waals surface area contributed by atoms with Crippen molar-refractivity contribution in [2.24, 2.45) is 0 Å². The van der Waals surface area contributed by atoms with E-state index in [9.17, 15) is 9.90 Å². The Kier molecular flexibility index (Phi) is 3.93. The second-order valence-electron chi connectivity index (χ2n) is 4.82. The maximum atomic E-state index is 12.3. The number of aliphatic hydroxyl groups excluding tert-OH is 1. The number of hydrogen-bond acceptors (Lipinski definition) is 2. The van der Waals surface area contributed by atoms with Gasteiger partial charge in [-0.1, -0.05) is 36.6 Å². The summed E-state index contributed by atoms with van der Waals surface area (Å²) in [6.45, 7) is 0. The van der Waals surface area contributed by atoms with Gasteiger partial charge in [-0.05, 0) is 30.5 Å². The first kappa shape index (κ1) is 13.4. The molecule has 0 aromatic heterocycles. The predicted molar refractivity (Wildman–Crippen MR) is 71.7 cm³/mol. The third-order valence-corrected chi connectivity index (χ3v) is 4.11. The summed E-state index contributed by atoms with van der Waals surface area (Å²) in [7, 11) is 1.61. The van der Waals surface area contributed by atoms with Gasteiger partial charge >= 0.3 is 0 Å². The summed E-state index contributed by atoms with van der Waals surface area (Å²) in [6.07, 6.45) is 2.62. The summed E-state index contributed by atoms with van der Waals surface area (Å²) in [6, 6.07) is 7.21. The van der Waals surface area contributed by atoms with Crippen LogP contribution in [-0.2, 0) is 10.2 Å². The van der Waals surface area contributed by atoms with E-state index in [1.807, 2.05) is 12.1 Å². The highest BCUT2D eigenvalue weighted by atomic mass is 35.5. The molecule has 2 N–H and O–H groups in total. The standard InChI is InChI=1S/C14H18ClNO2/c1-16-13(18)14(9-3-2-4-12(14)17)10-5-7-11(15)8-6-10/h5-8,12,17H,2-4,9H2,1H3,(H,16,18). The van der Waals surface area contributed by atoms with E-state index in [0.29, 0.717) is 17.9 Å². The fourth-order valence-electron chi connectivity index (χ4n) is 2.86. The molecule has 2 atom stereocenters. The molecule has 3 nitrogen and oxygen atoms in total. The molecule has 98 valence electrons. The van der Waals surface area contributed by atoms with Crippen LogP contribution >= 0.6 is 11.6 Å². The molecular weight excluding hydrogens is 250 g/mol. The summed E-state index contributed by atoms with van der Waals surface area (Å²) in [4.78, 5) is 12.3. The number of nitrogens with one attached hydrogen (secondary N) is 1. The highest BCUT2D eigenvalue weighted by Gasteiger charge is 2.47. The molecular formula is C14H18ClNO2. The Morgan fingerprint density at radius 1 is 1.39 bits per heavy atom. The number of aliphatic hydroxyl groups is 1. The van der Waals surface area contributed by atoms with Gasteiger partial charge in [-0.2, -0.15) is 0 Å². The quantitative estimate of drug-likeness (QED) is 0.864. The molecule has 1 saturated carbocycles. The minimum absolute atomic E-state index is 0.114. The number of amides is 1. The SMILES string of the molecule is CNC(=O)C1(c2ccc(Cl)cc2)CCCCC1O. The fourth-order valence-corrected chi connectivity index (χ4v) is 2.98. The third kappa shape index (κ3) is 2.13. The highest BCUT2D eigenvalue weighted by Crippen LogP contribution is 2.40. The van der Waals surface area contributed by atoms with E-state index < -0.39 is 11.5 Å². The third-order valence-electron chi connectivity index (χ3n) is 3.86. The monoisotopic (exact) mass is 267 g/mol. The van der Waals surface area contributed by atoms with Crippen molar-refractivity contribution < 1.29 is 9.90 Å². The van der Waals surface area contributed by atoms with E-state index in [-0.39, 0.29) is 5.91 Å². The topological polar surface area (TPSA) is 49.3 Å². The van der Waals surface area contributed by atoms with Gasteiger partial charge in [0.2, 0.25) is 5.91 Å². The Hall–Kier alpha value is -1.06. The average molecular weight is 268 g/mol. The van der Waals surface area contributed by atoms with Crippen LogP contribution in [0.15, 0.2) is 24.3 Å². The number of carbonyl (C=O) groups excluding carboxylic acids is 1. The van der Waals surface area contributed by atoms with E-state index >= 15 is 0 Å². The van der Waals surface area contributed by atoms with Crippen molar-refractivity contribution in [3.8, 4) is 0 Å². The lowest BCUT2D eigenvalue weighted by Crippen LogP contribution is -2.53. The average Bonchev–Trinajstić information content (AvgIpc) is 2.40. The van der Waals surface area contributed by atoms with Gasteiger partial charge in [0.25, 0.3) is 0 Å². The van der Waals surface area contributed by atoms with Crippen molar-refractivity contribution in [1.82, 2.24) is 5.32 Å². The number of likely N-dealkylation sites (N-methyl/N-ethyl adjacent to an activating group) is 1. The maximum Gasteiger partial charge on any atom is 0.233 e. The van der Waals surface area contributed by atoms with Crippen molar-refractivity contribution in [1.29, 1.82) is 0 Å². The number of rotatable bonds is 2. The Balaban J connectivity index is 2.47. The molecule has 1 fully saturated rings. The first-order valence-corrected chi connectivity index (χ1v) is 6.65. The zero-order valence-corrected chi connectivity index (χ0v) is 11.2. The lowest BCUT2D eigenvalue weighted by atomic mass is 9.66. The lowest BCUT2D eigenvalue weighted by molar-refractivity contribution is -0.132. The molecule has 0 radical (unpaired) electrons. The molecule has 0 bridgehead atoms. The van der Waals surface area contributed by atoms with Gasteiger partial charge in [0.05, 0.1) is 11.5 Å². The fraction of sp³-hybridized carbons (Fsp3) is 0.500. The van der Waals surface area contributed by atoms with Crippen molar-refractivity contribution in [2.75, 3.05) is 7.05 Å². The van der Waals surface area contributed by atoms with Crippen LogP contribution in [0.5, 0.6) is 0 Å². The summed E-state index contributed by atoms with van der Waals surface area (Å²) in [5.74, 6) is -0.114. The molecule has 2 rings (SSSR count). The summed E-state index contributed by atoms with van der Waals surface area (Å²) in [5.41, 5.74) is 0.0240. The molecule has 1 aliphatic rings. The molecule has 1 aromatic carbocycles. The van der Waals surface area contributed by atoms with E-state index in [1.165, 1.54) is 0 Å². The second-order valence-corrected chi connectivity index (χ2v) is 5.26. The molecule has 1 aromatic rings. The largest absolute Gasteiger partial charge is 0.392 e. The number of halogens is 1. The highest BCUT2D eigenvalue weighted by molar-refractivity contribution is 6.30. The van der Waals surface area contributed by atoms with Crippen LogP contribution in [-0.4, -0.2) is 24.2 Å². The van der Waals surface area contributed by atoms with Gasteiger partial charge in [-0.25, -0.2) is 0 Å². The van der Waals surface area contributed by atoms with Crippen LogP contribution in [0, 0.1) is 0 Å². The summed E-state index contributed by atoms with van der Waals surface area (Å²) >= 11 is 5.88. The molecule has 1 amide bonds. The van der Waals surface area contributed by atoms with Crippen LogP contribution in [0.1, 0.15) is 31.2 Å². The zero-order chi connectivity index (χ0) is 13.2. The smallest absolute Gasteiger partial charge is 0.233 e. The predicted octanol–water partition coefficient (Wildman–Crippen LogP) is 2.26. The van der Waals surface area contributed by atoms with Crippen LogP contribution < -0.4 is 5.32 Å². The number of carbonyl (C=O) groups is 1. The Bertz CT molecular complexity index is 432. The lowest BCUT2D eigenvalue weighted by Gasteiger charge is -2.40. The van der Waals surface area contributed by atoms with E-state index in [1.54, 1.807) is 19.2 Å². The molecule has 0 spiro atoms. The zero-order valence-electron chi connectivity index (χ0n) is 10.4. The second kappa shape index (κ2) is 5.29. The van der Waals surface area contributed by atoms with E-state index in [2.05, 4.69) is 5.32 Å². The number of benzene rings is 1. The Morgan fingerprint density at radius 3 is 2.61 bits per heavy atom. The van der Waals surface area contributed by atoms with Gasteiger partial charge in [0, 0.05) is 12.1 Å². The number of hydrogen-bond donors (Lipinski definition) is 2. The molecule has 0 aliphatic heterocycles. The van der Waals surface area contributed by atoms with Gasteiger partial charge in [-0.3, -0.25) is 4.79 Å². The normalized spacial score (nSPS) is 27.8. The van der Waals surface area contributed by atoms with Crippen molar-refractivity contribution in [3.05, 3.63) is 34.9 Å². The van der Waals surface area contributed by atoms with Crippen LogP contribution in [0.4, 0.5) is 0 Å². The summed E-state index contributed by atoms with van der Waals surface area (Å²) in [5, 5.41) is 13.7. The van der Waals surface area contributed by atoms with E-state index in [0.717, 1.165) is 18.4 Å².